The highest BCUT2D eigenvalue weighted by Gasteiger charge is 2.44. The van der Waals surface area contributed by atoms with Crippen molar-refractivity contribution in [3.05, 3.63) is 155 Å². The molecule has 5 aromatic carbocycles. The minimum Gasteiger partial charge on any atom is -0.495 e. The van der Waals surface area contributed by atoms with Crippen molar-refractivity contribution in [1.29, 1.82) is 0 Å². The predicted octanol–water partition coefficient (Wildman–Crippen LogP) is 8.55. The molecule has 1 aliphatic carbocycles. The van der Waals surface area contributed by atoms with Crippen LogP contribution in [0.25, 0.3) is 6.08 Å². The Kier molecular flexibility index (Phi) is 10.7. The Morgan fingerprint density at radius 2 is 1.55 bits per heavy atom. The number of halogens is 2. The Balaban J connectivity index is 1.08. The van der Waals surface area contributed by atoms with Crippen LogP contribution in [0, 0.1) is 17.6 Å². The topological polar surface area (TPSA) is 124 Å². The zero-order chi connectivity index (χ0) is 38.5. The number of carbonyl (C=O) groups is 2. The fourth-order valence-corrected chi connectivity index (χ4v) is 7.93. The van der Waals surface area contributed by atoms with Crippen molar-refractivity contribution in [3.8, 4) is 17.2 Å². The zero-order valence-electron chi connectivity index (χ0n) is 29.5. The van der Waals surface area contributed by atoms with Gasteiger partial charge in [0.05, 0.1) is 24.4 Å². The lowest BCUT2D eigenvalue weighted by Crippen LogP contribution is -2.34. The Bertz CT molecular complexity index is 2370. The van der Waals surface area contributed by atoms with E-state index < -0.39 is 40.4 Å². The average molecular weight is 764 g/mol. The molecule has 1 heterocycles. The van der Waals surface area contributed by atoms with E-state index in [2.05, 4.69) is 4.72 Å². The number of ether oxygens (including phenoxy) is 3. The van der Waals surface area contributed by atoms with Crippen LogP contribution in [-0.4, -0.2) is 44.7 Å². The Morgan fingerprint density at radius 3 is 2.24 bits per heavy atom. The Hall–Kier alpha value is -6.34. The molecule has 1 aliphatic heterocycles. The molecular weight excluding hydrogens is 729 g/mol. The largest absolute Gasteiger partial charge is 0.495 e. The number of anilines is 1. The van der Waals surface area contributed by atoms with Gasteiger partial charge in [-0.25, -0.2) is 27.0 Å². The summed E-state index contributed by atoms with van der Waals surface area (Å²) in [6.45, 7) is -0.708. The van der Waals surface area contributed by atoms with E-state index in [-0.39, 0.29) is 33.6 Å². The Morgan fingerprint density at radius 1 is 0.873 bits per heavy atom. The second-order valence-electron chi connectivity index (χ2n) is 12.9. The van der Waals surface area contributed by atoms with Crippen LogP contribution in [0.3, 0.4) is 0 Å². The number of methoxy groups -OCH3 is 1. The van der Waals surface area contributed by atoms with Crippen molar-refractivity contribution < 1.29 is 41.0 Å². The summed E-state index contributed by atoms with van der Waals surface area (Å²) >= 11 is 0. The molecule has 2 unspecified atom stereocenters. The number of nitrogens with one attached hydrogen (secondary N) is 1. The fourth-order valence-electron chi connectivity index (χ4n) is 6.68. The van der Waals surface area contributed by atoms with Gasteiger partial charge in [0.15, 0.2) is 6.61 Å². The summed E-state index contributed by atoms with van der Waals surface area (Å²) in [5.41, 5.74) is 3.10. The second-order valence-corrected chi connectivity index (χ2v) is 14.6. The van der Waals surface area contributed by atoms with Gasteiger partial charge in [-0.1, -0.05) is 42.5 Å². The SMILES string of the molecule is COc1ccc(C(=O)OCC(=O)N2N=C3/C(=C\c4ccc(F)cc4)CCCC3C2c2ccc(F)cc2)cc1S(=O)(=O)Nc1ccc(Oc2ccccc2)cc1. The van der Waals surface area contributed by atoms with Gasteiger partial charge < -0.3 is 14.2 Å². The molecule has 55 heavy (non-hydrogen) atoms. The maximum Gasteiger partial charge on any atom is 0.338 e. The van der Waals surface area contributed by atoms with Gasteiger partial charge in [-0.2, -0.15) is 5.10 Å². The number of hydrogen-bond donors (Lipinski definition) is 1. The molecule has 0 spiro atoms. The van der Waals surface area contributed by atoms with Crippen LogP contribution in [0.4, 0.5) is 14.5 Å². The normalized spacial score (nSPS) is 17.3. The van der Waals surface area contributed by atoms with Crippen LogP contribution in [0.5, 0.6) is 17.2 Å². The molecule has 0 bridgehead atoms. The van der Waals surface area contributed by atoms with E-state index in [0.717, 1.165) is 23.6 Å². The molecule has 2 aliphatic rings. The molecule has 2 atom stereocenters. The van der Waals surface area contributed by atoms with Crippen molar-refractivity contribution in [2.45, 2.75) is 30.2 Å². The third kappa shape index (κ3) is 8.42. The summed E-state index contributed by atoms with van der Waals surface area (Å²) in [7, 11) is -2.98. The highest BCUT2D eigenvalue weighted by molar-refractivity contribution is 7.92. The van der Waals surface area contributed by atoms with E-state index in [9.17, 15) is 26.8 Å². The quantitative estimate of drug-likeness (QED) is 0.134. The average Bonchev–Trinajstić information content (AvgIpc) is 3.59. The molecule has 0 aromatic heterocycles. The smallest absolute Gasteiger partial charge is 0.338 e. The molecule has 5 aromatic rings. The van der Waals surface area contributed by atoms with E-state index in [1.807, 2.05) is 24.3 Å². The van der Waals surface area contributed by atoms with E-state index in [1.165, 1.54) is 60.6 Å². The highest BCUT2D eigenvalue weighted by Crippen LogP contribution is 2.44. The summed E-state index contributed by atoms with van der Waals surface area (Å²) in [4.78, 5) is 26.8. The fraction of sp³-hybridized carbons (Fsp3) is 0.167. The van der Waals surface area contributed by atoms with Crippen LogP contribution in [0.2, 0.25) is 0 Å². The van der Waals surface area contributed by atoms with E-state index in [1.54, 1.807) is 48.5 Å². The number of fused-ring (bicyclic) bond motifs is 1. The van der Waals surface area contributed by atoms with Gasteiger partial charge in [-0.05, 0) is 121 Å². The van der Waals surface area contributed by atoms with Gasteiger partial charge in [0.2, 0.25) is 0 Å². The van der Waals surface area contributed by atoms with Gasteiger partial charge in [0.25, 0.3) is 15.9 Å². The number of benzene rings is 5. The van der Waals surface area contributed by atoms with E-state index in [4.69, 9.17) is 19.3 Å². The van der Waals surface area contributed by atoms with Gasteiger partial charge in [-0.15, -0.1) is 0 Å². The van der Waals surface area contributed by atoms with Crippen molar-refractivity contribution in [3.63, 3.8) is 0 Å². The van der Waals surface area contributed by atoms with E-state index in [0.29, 0.717) is 35.6 Å². The van der Waals surface area contributed by atoms with Crippen molar-refractivity contribution in [1.82, 2.24) is 5.01 Å². The first-order valence-electron chi connectivity index (χ1n) is 17.4. The first kappa shape index (κ1) is 37.0. The summed E-state index contributed by atoms with van der Waals surface area (Å²) in [6.07, 6.45) is 4.11. The maximum absolute atomic E-state index is 14.0. The first-order chi connectivity index (χ1) is 26.6. The number of para-hydroxylation sites is 1. The molecule has 10 nitrogen and oxygen atoms in total. The molecule has 7 rings (SSSR count). The van der Waals surface area contributed by atoms with Crippen molar-refractivity contribution in [2.75, 3.05) is 18.4 Å². The highest BCUT2D eigenvalue weighted by atomic mass is 32.2. The minimum atomic E-state index is -4.28. The van der Waals surface area contributed by atoms with Gasteiger partial charge in [-0.3, -0.25) is 9.52 Å². The van der Waals surface area contributed by atoms with E-state index >= 15 is 0 Å². The lowest BCUT2D eigenvalue weighted by atomic mass is 9.77. The molecule has 1 saturated carbocycles. The first-order valence-corrected chi connectivity index (χ1v) is 18.9. The molecule has 280 valence electrons. The minimum absolute atomic E-state index is 0.0220. The van der Waals surface area contributed by atoms with Gasteiger partial charge in [0, 0.05) is 11.6 Å². The van der Waals surface area contributed by atoms with Gasteiger partial charge >= 0.3 is 5.97 Å². The number of hydrazone groups is 1. The number of nitrogens with zero attached hydrogens (tertiary/aromatic N) is 2. The Labute approximate surface area is 316 Å². The molecule has 1 fully saturated rings. The predicted molar refractivity (Wildman–Crippen MR) is 202 cm³/mol. The van der Waals surface area contributed by atoms with Crippen LogP contribution >= 0.6 is 0 Å². The number of sulfonamides is 1. The third-order valence-corrected chi connectivity index (χ3v) is 10.7. The van der Waals surface area contributed by atoms with Crippen LogP contribution in [-0.2, 0) is 19.6 Å². The number of carbonyl (C=O) groups excluding carboxylic acids is 2. The zero-order valence-corrected chi connectivity index (χ0v) is 30.3. The number of amides is 1. The standard InChI is InChI=1S/C42H35F2N3O7S/c1-52-37-23-14-30(25-38(37)55(50,51)46-33-19-21-35(22-20-33)54-34-7-3-2-4-8-34)42(49)53-26-39(48)47-41(28-12-17-32(44)18-13-28)36-9-5-6-29(40(36)45-47)24-27-10-15-31(43)16-11-27/h2-4,7-8,10-25,36,41,46H,5-6,9,26H2,1H3/b29-24-. The lowest BCUT2D eigenvalue weighted by molar-refractivity contribution is -0.137. The second kappa shape index (κ2) is 15.9. The van der Waals surface area contributed by atoms with Crippen molar-refractivity contribution in [2.24, 2.45) is 11.0 Å². The lowest BCUT2D eigenvalue weighted by Gasteiger charge is -2.29. The maximum atomic E-state index is 14.0. The van der Waals surface area contributed by atoms with Crippen molar-refractivity contribution >= 4 is 39.4 Å². The van der Waals surface area contributed by atoms with Crippen LogP contribution in [0.15, 0.2) is 137 Å². The monoisotopic (exact) mass is 763 g/mol. The summed E-state index contributed by atoms with van der Waals surface area (Å²) in [6, 6.07) is 30.4. The number of rotatable bonds is 11. The molecule has 0 radical (unpaired) electrons. The molecular formula is C42H35F2N3O7S. The van der Waals surface area contributed by atoms with Gasteiger partial charge in [0.1, 0.15) is 33.8 Å². The van der Waals surface area contributed by atoms with Crippen LogP contribution < -0.4 is 14.2 Å². The summed E-state index contributed by atoms with van der Waals surface area (Å²) in [5.74, 6) is -1.50. The molecule has 0 saturated heterocycles. The number of allylic oxidation sites excluding steroid dienone is 1. The summed E-state index contributed by atoms with van der Waals surface area (Å²) in [5, 5.41) is 6.00. The molecule has 13 heteroatoms. The third-order valence-electron chi connectivity index (χ3n) is 9.28. The number of esters is 1. The number of hydrogen-bond acceptors (Lipinski definition) is 8. The summed E-state index contributed by atoms with van der Waals surface area (Å²) < 4.78 is 73.6. The molecule has 1 amide bonds. The van der Waals surface area contributed by atoms with Crippen LogP contribution in [0.1, 0.15) is 46.8 Å². The molecule has 1 N–H and O–H groups in total.